The van der Waals surface area contributed by atoms with Gasteiger partial charge in [-0.2, -0.15) is 0 Å². The Labute approximate surface area is 117 Å². The minimum absolute atomic E-state index is 0.0999. The Bertz CT molecular complexity index is 555. The Morgan fingerprint density at radius 3 is 2.32 bits per heavy atom. The van der Waals surface area contributed by atoms with Gasteiger partial charge in [-0.05, 0) is 35.2 Å². The van der Waals surface area contributed by atoms with Crippen LogP contribution in [0.4, 0.5) is 4.39 Å². The lowest BCUT2D eigenvalue weighted by Gasteiger charge is -2.17. The first kappa shape index (κ1) is 14.0. The first-order chi connectivity index (χ1) is 9.15. The molecule has 1 atom stereocenters. The number of nitrogens with one attached hydrogen (secondary N) is 1. The van der Waals surface area contributed by atoms with Gasteiger partial charge >= 0.3 is 0 Å². The fraction of sp³-hybridized carbons (Fsp3) is 0.200. The maximum Gasteiger partial charge on any atom is 0.141 e. The molecular formula is C15H16ClFN2. The highest BCUT2D eigenvalue weighted by Gasteiger charge is 2.13. The summed E-state index contributed by atoms with van der Waals surface area (Å²) >= 11 is 5.81. The zero-order chi connectivity index (χ0) is 13.8. The molecule has 19 heavy (non-hydrogen) atoms. The van der Waals surface area contributed by atoms with Gasteiger partial charge in [0.1, 0.15) is 5.82 Å². The van der Waals surface area contributed by atoms with Crippen LogP contribution >= 0.6 is 11.6 Å². The normalized spacial score (nSPS) is 12.4. The lowest BCUT2D eigenvalue weighted by Crippen LogP contribution is -2.28. The monoisotopic (exact) mass is 278 g/mol. The van der Waals surface area contributed by atoms with Crippen LogP contribution in [0.1, 0.15) is 29.7 Å². The van der Waals surface area contributed by atoms with Crippen molar-refractivity contribution in [1.29, 1.82) is 0 Å². The summed E-state index contributed by atoms with van der Waals surface area (Å²) in [6, 6.07) is 12.6. The van der Waals surface area contributed by atoms with Gasteiger partial charge in [0.05, 0.1) is 11.1 Å². The maximum absolute atomic E-state index is 13.2. The molecule has 0 aliphatic heterocycles. The van der Waals surface area contributed by atoms with Crippen molar-refractivity contribution in [3.63, 3.8) is 0 Å². The summed E-state index contributed by atoms with van der Waals surface area (Å²) in [5.74, 6) is 5.18. The van der Waals surface area contributed by atoms with Gasteiger partial charge in [-0.1, -0.05) is 48.9 Å². The Balaban J connectivity index is 2.34. The van der Waals surface area contributed by atoms with E-state index in [1.54, 1.807) is 12.1 Å². The number of aryl methyl sites for hydroxylation is 1. The van der Waals surface area contributed by atoms with Crippen LogP contribution in [0.15, 0.2) is 42.5 Å². The SMILES string of the molecule is CCc1ccc(C(NN)c2ccc(F)c(Cl)c2)cc1. The summed E-state index contributed by atoms with van der Waals surface area (Å²) in [6.45, 7) is 2.10. The van der Waals surface area contributed by atoms with Gasteiger partial charge in [-0.3, -0.25) is 5.84 Å². The molecule has 0 saturated heterocycles. The van der Waals surface area contributed by atoms with Gasteiger partial charge in [-0.15, -0.1) is 0 Å². The van der Waals surface area contributed by atoms with E-state index in [1.165, 1.54) is 11.6 Å². The number of hydrazine groups is 1. The van der Waals surface area contributed by atoms with Crippen molar-refractivity contribution < 1.29 is 4.39 Å². The fourth-order valence-corrected chi connectivity index (χ4v) is 2.21. The van der Waals surface area contributed by atoms with Gasteiger partial charge in [0.15, 0.2) is 0 Å². The number of nitrogens with two attached hydrogens (primary N) is 1. The number of benzene rings is 2. The third-order valence-electron chi connectivity index (χ3n) is 3.16. The molecule has 0 amide bonds. The van der Waals surface area contributed by atoms with Crippen molar-refractivity contribution in [1.82, 2.24) is 5.43 Å². The van der Waals surface area contributed by atoms with E-state index in [1.807, 2.05) is 12.1 Å². The Morgan fingerprint density at radius 1 is 1.16 bits per heavy atom. The second kappa shape index (κ2) is 6.15. The van der Waals surface area contributed by atoms with E-state index in [0.717, 1.165) is 17.5 Å². The molecule has 0 radical (unpaired) electrons. The second-order valence-electron chi connectivity index (χ2n) is 4.37. The predicted molar refractivity (Wildman–Crippen MR) is 76.4 cm³/mol. The molecule has 0 saturated carbocycles. The highest BCUT2D eigenvalue weighted by Crippen LogP contribution is 2.25. The molecule has 0 aliphatic carbocycles. The summed E-state index contributed by atoms with van der Waals surface area (Å²) < 4.78 is 13.2. The lowest BCUT2D eigenvalue weighted by atomic mass is 9.98. The van der Waals surface area contributed by atoms with Crippen molar-refractivity contribution in [2.45, 2.75) is 19.4 Å². The standard InChI is InChI=1S/C15H16ClFN2/c1-2-10-3-5-11(6-4-10)15(19-18)12-7-8-14(17)13(16)9-12/h3-9,15,19H,2,18H2,1H3. The van der Waals surface area contributed by atoms with Crippen LogP contribution < -0.4 is 11.3 Å². The molecule has 0 fully saturated rings. The smallest absolute Gasteiger partial charge is 0.141 e. The molecule has 0 aromatic heterocycles. The van der Waals surface area contributed by atoms with Crippen LogP contribution in [-0.2, 0) is 6.42 Å². The molecule has 0 spiro atoms. The molecule has 3 N–H and O–H groups in total. The van der Waals surface area contributed by atoms with Crippen LogP contribution in [0.25, 0.3) is 0 Å². The molecule has 4 heteroatoms. The molecule has 2 aromatic carbocycles. The Kier molecular flexibility index (Phi) is 4.53. The van der Waals surface area contributed by atoms with Crippen molar-refractivity contribution >= 4 is 11.6 Å². The molecular weight excluding hydrogens is 263 g/mol. The van der Waals surface area contributed by atoms with Gasteiger partial charge in [0.25, 0.3) is 0 Å². The van der Waals surface area contributed by atoms with Gasteiger partial charge in [0, 0.05) is 0 Å². The van der Waals surface area contributed by atoms with E-state index in [0.29, 0.717) is 0 Å². The van der Waals surface area contributed by atoms with E-state index in [2.05, 4.69) is 24.5 Å². The first-order valence-corrected chi connectivity index (χ1v) is 6.53. The average Bonchev–Trinajstić information content (AvgIpc) is 2.44. The number of hydrogen-bond acceptors (Lipinski definition) is 2. The minimum Gasteiger partial charge on any atom is -0.271 e. The highest BCUT2D eigenvalue weighted by atomic mass is 35.5. The van der Waals surface area contributed by atoms with E-state index >= 15 is 0 Å². The quantitative estimate of drug-likeness (QED) is 0.662. The average molecular weight is 279 g/mol. The third kappa shape index (κ3) is 3.13. The third-order valence-corrected chi connectivity index (χ3v) is 3.45. The summed E-state index contributed by atoms with van der Waals surface area (Å²) in [6.07, 6.45) is 0.989. The Morgan fingerprint density at radius 2 is 1.79 bits per heavy atom. The number of halogens is 2. The summed E-state index contributed by atoms with van der Waals surface area (Å²) in [4.78, 5) is 0. The molecule has 2 rings (SSSR count). The van der Waals surface area contributed by atoms with Crippen LogP contribution in [0.3, 0.4) is 0 Å². The van der Waals surface area contributed by atoms with E-state index < -0.39 is 5.82 Å². The second-order valence-corrected chi connectivity index (χ2v) is 4.78. The van der Waals surface area contributed by atoms with E-state index in [9.17, 15) is 4.39 Å². The first-order valence-electron chi connectivity index (χ1n) is 6.15. The number of hydrogen-bond donors (Lipinski definition) is 2. The minimum atomic E-state index is -0.428. The zero-order valence-corrected chi connectivity index (χ0v) is 11.4. The zero-order valence-electron chi connectivity index (χ0n) is 10.7. The van der Waals surface area contributed by atoms with Crippen molar-refractivity contribution in [2.75, 3.05) is 0 Å². The predicted octanol–water partition coefficient (Wildman–Crippen LogP) is 3.59. The topological polar surface area (TPSA) is 38.0 Å². The van der Waals surface area contributed by atoms with Crippen LogP contribution in [0.2, 0.25) is 5.02 Å². The van der Waals surface area contributed by atoms with Crippen molar-refractivity contribution in [3.8, 4) is 0 Å². The van der Waals surface area contributed by atoms with E-state index in [4.69, 9.17) is 17.4 Å². The lowest BCUT2D eigenvalue weighted by molar-refractivity contribution is 0.616. The van der Waals surface area contributed by atoms with Crippen LogP contribution in [0.5, 0.6) is 0 Å². The Hall–Kier alpha value is -1.42. The molecule has 2 nitrogen and oxygen atoms in total. The van der Waals surface area contributed by atoms with Crippen LogP contribution in [0, 0.1) is 5.82 Å². The highest BCUT2D eigenvalue weighted by molar-refractivity contribution is 6.30. The summed E-state index contributed by atoms with van der Waals surface area (Å²) in [7, 11) is 0. The molecule has 0 heterocycles. The van der Waals surface area contributed by atoms with Gasteiger partial charge in [-0.25, -0.2) is 9.82 Å². The van der Waals surface area contributed by atoms with Gasteiger partial charge in [0.2, 0.25) is 0 Å². The van der Waals surface area contributed by atoms with Gasteiger partial charge < -0.3 is 0 Å². The maximum atomic E-state index is 13.2. The van der Waals surface area contributed by atoms with Crippen molar-refractivity contribution in [2.24, 2.45) is 5.84 Å². The number of rotatable bonds is 4. The fourth-order valence-electron chi connectivity index (χ4n) is 2.02. The molecule has 1 unspecified atom stereocenters. The molecule has 0 aliphatic rings. The summed E-state index contributed by atoms with van der Waals surface area (Å²) in [5.41, 5.74) is 5.85. The molecule has 2 aromatic rings. The van der Waals surface area contributed by atoms with Crippen molar-refractivity contribution in [3.05, 3.63) is 70.0 Å². The van der Waals surface area contributed by atoms with E-state index in [-0.39, 0.29) is 11.1 Å². The molecule has 0 bridgehead atoms. The van der Waals surface area contributed by atoms with Crippen LogP contribution in [-0.4, -0.2) is 0 Å². The summed E-state index contributed by atoms with van der Waals surface area (Å²) in [5, 5.41) is 0.0999. The molecule has 100 valence electrons. The largest absolute Gasteiger partial charge is 0.271 e.